The fourth-order valence-electron chi connectivity index (χ4n) is 2.19. The van der Waals surface area contributed by atoms with Crippen LogP contribution in [0, 0.1) is 5.41 Å². The Hall–Kier alpha value is -0.540. The maximum absolute atomic E-state index is 5.82. The zero-order chi connectivity index (χ0) is 13.2. The summed E-state index contributed by atoms with van der Waals surface area (Å²) in [4.78, 5) is 0. The average Bonchev–Trinajstić information content (AvgIpc) is 2.47. The van der Waals surface area contributed by atoms with Gasteiger partial charge in [-0.2, -0.15) is 0 Å². The molecule has 1 aromatic rings. The second kappa shape index (κ2) is 5.62. The Kier molecular flexibility index (Phi) is 4.33. The smallest absolute Gasteiger partial charge is 0.125 e. The zero-order valence-electron chi connectivity index (χ0n) is 11.4. The van der Waals surface area contributed by atoms with Gasteiger partial charge in [-0.1, -0.05) is 42.8 Å². The zero-order valence-corrected chi connectivity index (χ0v) is 13.0. The van der Waals surface area contributed by atoms with Crippen molar-refractivity contribution in [2.24, 2.45) is 5.41 Å². The van der Waals surface area contributed by atoms with E-state index in [1.807, 2.05) is 0 Å². The highest BCUT2D eigenvalue weighted by Gasteiger charge is 2.21. The third-order valence-electron chi connectivity index (χ3n) is 3.12. The van der Waals surface area contributed by atoms with E-state index in [9.17, 15) is 0 Å². The largest absolute Gasteiger partial charge is 0.493 e. The van der Waals surface area contributed by atoms with Gasteiger partial charge in [-0.15, -0.1) is 0 Å². The summed E-state index contributed by atoms with van der Waals surface area (Å²) in [5.74, 6) is 1.02. The molecule has 0 saturated carbocycles. The lowest BCUT2D eigenvalue weighted by Gasteiger charge is -2.25. The molecule has 0 aliphatic carbocycles. The molecule has 0 bridgehead atoms. The third kappa shape index (κ3) is 3.72. The highest BCUT2D eigenvalue weighted by atomic mass is 79.9. The Morgan fingerprint density at radius 2 is 2.17 bits per heavy atom. The van der Waals surface area contributed by atoms with E-state index in [0.29, 0.717) is 11.5 Å². The number of rotatable bonds is 2. The molecule has 1 aromatic carbocycles. The Morgan fingerprint density at radius 1 is 1.39 bits per heavy atom. The maximum atomic E-state index is 5.82. The first-order valence-electron chi connectivity index (χ1n) is 6.61. The Bertz CT molecular complexity index is 411. The van der Waals surface area contributed by atoms with Crippen LogP contribution in [0.2, 0.25) is 0 Å². The molecule has 0 fully saturated rings. The fraction of sp³-hybridized carbons (Fsp3) is 0.600. The summed E-state index contributed by atoms with van der Waals surface area (Å²) in [5, 5.41) is 3.68. The normalized spacial score (nSPS) is 19.9. The van der Waals surface area contributed by atoms with E-state index >= 15 is 0 Å². The summed E-state index contributed by atoms with van der Waals surface area (Å²) >= 11 is 3.51. The summed E-state index contributed by atoms with van der Waals surface area (Å²) in [5.41, 5.74) is 1.60. The Morgan fingerprint density at radius 3 is 2.89 bits per heavy atom. The van der Waals surface area contributed by atoms with E-state index in [4.69, 9.17) is 4.74 Å². The summed E-state index contributed by atoms with van der Waals surface area (Å²) in [7, 11) is 0. The molecule has 0 saturated heterocycles. The van der Waals surface area contributed by atoms with Gasteiger partial charge in [0.25, 0.3) is 0 Å². The van der Waals surface area contributed by atoms with Gasteiger partial charge in [-0.25, -0.2) is 0 Å². The molecule has 2 rings (SSSR count). The predicted molar refractivity (Wildman–Crippen MR) is 79.1 cm³/mol. The van der Waals surface area contributed by atoms with E-state index in [2.05, 4.69) is 60.2 Å². The molecule has 1 aliphatic rings. The lowest BCUT2D eigenvalue weighted by atomic mass is 9.95. The highest BCUT2D eigenvalue weighted by molar-refractivity contribution is 9.10. The molecule has 1 heterocycles. The lowest BCUT2D eigenvalue weighted by Crippen LogP contribution is -2.30. The second-order valence-corrected chi connectivity index (χ2v) is 7.08. The van der Waals surface area contributed by atoms with Crippen LogP contribution in [0.3, 0.4) is 0 Å². The Balaban J connectivity index is 2.17. The van der Waals surface area contributed by atoms with E-state index < -0.39 is 0 Å². The van der Waals surface area contributed by atoms with Gasteiger partial charge in [0, 0.05) is 22.6 Å². The van der Waals surface area contributed by atoms with Crippen LogP contribution in [-0.2, 0) is 0 Å². The minimum atomic E-state index is 0.308. The van der Waals surface area contributed by atoms with Crippen molar-refractivity contribution in [3.63, 3.8) is 0 Å². The van der Waals surface area contributed by atoms with E-state index in [1.54, 1.807) is 0 Å². The van der Waals surface area contributed by atoms with Crippen molar-refractivity contribution in [1.82, 2.24) is 5.32 Å². The van der Waals surface area contributed by atoms with Crippen molar-refractivity contribution in [2.75, 3.05) is 13.2 Å². The first-order chi connectivity index (χ1) is 8.46. The van der Waals surface area contributed by atoms with E-state index in [-0.39, 0.29) is 0 Å². The first kappa shape index (κ1) is 13.9. The topological polar surface area (TPSA) is 21.3 Å². The quantitative estimate of drug-likeness (QED) is 0.879. The van der Waals surface area contributed by atoms with Gasteiger partial charge in [0.15, 0.2) is 0 Å². The summed E-state index contributed by atoms with van der Waals surface area (Å²) in [6.45, 7) is 8.62. The van der Waals surface area contributed by atoms with Gasteiger partial charge < -0.3 is 10.1 Å². The lowest BCUT2D eigenvalue weighted by molar-refractivity contribution is 0.312. The number of ether oxygens (including phenoxy) is 1. The second-order valence-electron chi connectivity index (χ2n) is 6.17. The van der Waals surface area contributed by atoms with E-state index in [1.165, 1.54) is 5.56 Å². The summed E-state index contributed by atoms with van der Waals surface area (Å²) in [6, 6.07) is 6.76. The molecule has 2 nitrogen and oxygen atoms in total. The van der Waals surface area contributed by atoms with Gasteiger partial charge in [0.1, 0.15) is 5.75 Å². The monoisotopic (exact) mass is 311 g/mol. The van der Waals surface area contributed by atoms with Gasteiger partial charge in [0.2, 0.25) is 0 Å². The Labute approximate surface area is 118 Å². The number of benzene rings is 1. The number of fused-ring (bicyclic) bond motifs is 1. The van der Waals surface area contributed by atoms with Crippen LogP contribution in [-0.4, -0.2) is 13.2 Å². The van der Waals surface area contributed by atoms with Gasteiger partial charge >= 0.3 is 0 Å². The molecule has 18 heavy (non-hydrogen) atoms. The van der Waals surface area contributed by atoms with Crippen molar-refractivity contribution >= 4 is 15.9 Å². The maximum Gasteiger partial charge on any atom is 0.125 e. The van der Waals surface area contributed by atoms with Crippen LogP contribution in [0.1, 0.15) is 45.2 Å². The standard InChI is InChI=1S/C15H22BrNO/c1-15(2,3)10-17-13-5-4-8-18-14-9-11(16)6-7-12(13)14/h6-7,9,13,17H,4-5,8,10H2,1-3H3. The molecular formula is C15H22BrNO. The molecule has 0 radical (unpaired) electrons. The van der Waals surface area contributed by atoms with Crippen molar-refractivity contribution in [3.8, 4) is 5.75 Å². The van der Waals surface area contributed by atoms with Crippen LogP contribution in [0.5, 0.6) is 5.75 Å². The number of halogens is 1. The van der Waals surface area contributed by atoms with Gasteiger partial charge in [-0.3, -0.25) is 0 Å². The molecular weight excluding hydrogens is 290 g/mol. The summed E-state index contributed by atoms with van der Waals surface area (Å²) < 4.78 is 6.90. The molecule has 1 aliphatic heterocycles. The molecule has 1 atom stereocenters. The SMILES string of the molecule is CC(C)(C)CNC1CCCOc2cc(Br)ccc21. The number of nitrogens with one attached hydrogen (secondary N) is 1. The fourth-order valence-corrected chi connectivity index (χ4v) is 2.53. The minimum Gasteiger partial charge on any atom is -0.493 e. The highest BCUT2D eigenvalue weighted by Crippen LogP contribution is 2.34. The van der Waals surface area contributed by atoms with Crippen molar-refractivity contribution in [1.29, 1.82) is 0 Å². The molecule has 3 heteroatoms. The van der Waals surface area contributed by atoms with E-state index in [0.717, 1.165) is 36.2 Å². The average molecular weight is 312 g/mol. The van der Waals surface area contributed by atoms with Crippen LogP contribution in [0.4, 0.5) is 0 Å². The van der Waals surface area contributed by atoms with Crippen molar-refractivity contribution in [2.45, 2.75) is 39.7 Å². The molecule has 0 aromatic heterocycles. The van der Waals surface area contributed by atoms with Crippen LogP contribution in [0.15, 0.2) is 22.7 Å². The minimum absolute atomic E-state index is 0.308. The van der Waals surface area contributed by atoms with Crippen LogP contribution < -0.4 is 10.1 Å². The van der Waals surface area contributed by atoms with Crippen LogP contribution >= 0.6 is 15.9 Å². The molecule has 1 N–H and O–H groups in total. The molecule has 0 spiro atoms. The predicted octanol–water partition coefficient (Wildman–Crippen LogP) is 4.30. The summed E-state index contributed by atoms with van der Waals surface area (Å²) in [6.07, 6.45) is 2.25. The number of hydrogen-bond acceptors (Lipinski definition) is 2. The van der Waals surface area contributed by atoms with Crippen molar-refractivity contribution in [3.05, 3.63) is 28.2 Å². The third-order valence-corrected chi connectivity index (χ3v) is 3.62. The van der Waals surface area contributed by atoms with Crippen LogP contribution in [0.25, 0.3) is 0 Å². The molecule has 100 valence electrons. The number of hydrogen-bond donors (Lipinski definition) is 1. The molecule has 1 unspecified atom stereocenters. The van der Waals surface area contributed by atoms with Gasteiger partial charge in [-0.05, 0) is 30.4 Å². The van der Waals surface area contributed by atoms with Crippen molar-refractivity contribution < 1.29 is 4.74 Å². The van der Waals surface area contributed by atoms with Gasteiger partial charge in [0.05, 0.1) is 6.61 Å². The first-order valence-corrected chi connectivity index (χ1v) is 7.41. The molecule has 0 amide bonds.